The topological polar surface area (TPSA) is 3.24 Å². The van der Waals surface area contributed by atoms with E-state index in [2.05, 4.69) is 205 Å². The van der Waals surface area contributed by atoms with Crippen LogP contribution in [0.5, 0.6) is 0 Å². The number of rotatable bonds is 6. The molecule has 11 aromatic rings. The molecule has 0 bridgehead atoms. The van der Waals surface area contributed by atoms with Crippen LogP contribution in [0.3, 0.4) is 0 Å². The van der Waals surface area contributed by atoms with E-state index < -0.39 is 0 Å². The molecule has 0 spiro atoms. The molecule has 0 aliphatic heterocycles. The molecule has 0 unspecified atom stereocenters. The maximum Gasteiger partial charge on any atom is 0.0640 e. The molecule has 0 aliphatic rings. The van der Waals surface area contributed by atoms with Gasteiger partial charge in [0.25, 0.3) is 0 Å². The van der Waals surface area contributed by atoms with E-state index in [-0.39, 0.29) is 0 Å². The number of hydrogen-bond donors (Lipinski definition) is 0. The van der Waals surface area contributed by atoms with E-state index in [4.69, 9.17) is 0 Å². The molecular weight excluding hydrogens is 703 g/mol. The van der Waals surface area contributed by atoms with Crippen LogP contribution < -0.4 is 4.90 Å². The Hall–Kier alpha value is -6.52. The Labute approximate surface area is 327 Å². The third kappa shape index (κ3) is 5.35. The summed E-state index contributed by atoms with van der Waals surface area (Å²) in [5, 5.41) is 7.66. The molecule has 55 heavy (non-hydrogen) atoms. The smallest absolute Gasteiger partial charge is 0.0640 e. The van der Waals surface area contributed by atoms with E-state index in [9.17, 15) is 0 Å². The number of anilines is 3. The zero-order valence-corrected chi connectivity index (χ0v) is 31.4. The van der Waals surface area contributed by atoms with Gasteiger partial charge in [-0.05, 0) is 81.2 Å². The second kappa shape index (κ2) is 13.1. The third-order valence-corrected chi connectivity index (χ3v) is 13.2. The second-order valence-electron chi connectivity index (χ2n) is 14.0. The van der Waals surface area contributed by atoms with E-state index in [1.54, 1.807) is 0 Å². The first-order valence-corrected chi connectivity index (χ1v) is 20.3. The molecular formula is C52H33NS2. The van der Waals surface area contributed by atoms with Crippen molar-refractivity contribution in [1.82, 2.24) is 0 Å². The average Bonchev–Trinajstić information content (AvgIpc) is 3.83. The molecule has 0 saturated carbocycles. The highest BCUT2D eigenvalue weighted by molar-refractivity contribution is 7.26. The Morgan fingerprint density at radius 2 is 0.873 bits per heavy atom. The van der Waals surface area contributed by atoms with Gasteiger partial charge >= 0.3 is 0 Å². The molecule has 1 nitrogen and oxygen atoms in total. The van der Waals surface area contributed by atoms with Gasteiger partial charge in [0.15, 0.2) is 0 Å². The summed E-state index contributed by atoms with van der Waals surface area (Å²) in [6, 6.07) is 73.5. The minimum Gasteiger partial charge on any atom is -0.308 e. The number of thiophene rings is 2. The lowest BCUT2D eigenvalue weighted by molar-refractivity contribution is 1.32. The van der Waals surface area contributed by atoms with Crippen molar-refractivity contribution in [3.05, 3.63) is 200 Å². The summed E-state index contributed by atoms with van der Waals surface area (Å²) in [4.78, 5) is 2.50. The van der Waals surface area contributed by atoms with Crippen LogP contribution >= 0.6 is 22.7 Å². The van der Waals surface area contributed by atoms with Crippen molar-refractivity contribution in [1.29, 1.82) is 0 Å². The van der Waals surface area contributed by atoms with Crippen molar-refractivity contribution in [3.8, 4) is 33.4 Å². The van der Waals surface area contributed by atoms with Gasteiger partial charge < -0.3 is 4.90 Å². The first kappa shape index (κ1) is 32.0. The predicted molar refractivity (Wildman–Crippen MR) is 241 cm³/mol. The first-order chi connectivity index (χ1) is 27.3. The van der Waals surface area contributed by atoms with E-state index in [0.29, 0.717) is 0 Å². The van der Waals surface area contributed by atoms with Crippen LogP contribution in [-0.4, -0.2) is 0 Å². The molecule has 0 atom stereocenters. The summed E-state index contributed by atoms with van der Waals surface area (Å²) < 4.78 is 5.21. The maximum atomic E-state index is 2.50. The molecule has 11 rings (SSSR count). The van der Waals surface area contributed by atoms with Gasteiger partial charge in [-0.15, -0.1) is 22.7 Å². The standard InChI is InChI=1S/C52H33NS2/c1-3-14-34(15-4-1)38-30-31-47(41-19-8-7-18-40(38)41)53(48-23-13-22-45-43-21-10-12-25-50(43)55-52(45)48)37-27-29-39(46(33-37)35-16-5-2-6-17-35)36-26-28-44-42-20-9-11-24-49(42)54-51(44)32-36/h1-33H. The van der Waals surface area contributed by atoms with E-state index >= 15 is 0 Å². The highest BCUT2D eigenvalue weighted by Gasteiger charge is 2.22. The monoisotopic (exact) mass is 735 g/mol. The van der Waals surface area contributed by atoms with Gasteiger partial charge in [-0.3, -0.25) is 0 Å². The maximum absolute atomic E-state index is 2.50. The van der Waals surface area contributed by atoms with Crippen molar-refractivity contribution in [3.63, 3.8) is 0 Å². The highest BCUT2D eigenvalue weighted by atomic mass is 32.1. The lowest BCUT2D eigenvalue weighted by atomic mass is 9.92. The SMILES string of the molecule is c1ccc(-c2cc(N(c3ccc(-c4ccccc4)c4ccccc34)c3cccc4c3sc3ccccc34)ccc2-c2ccc3c(c2)sc2ccccc23)cc1. The van der Waals surface area contributed by atoms with Crippen molar-refractivity contribution in [2.75, 3.05) is 4.90 Å². The molecule has 9 aromatic carbocycles. The minimum absolute atomic E-state index is 1.12. The van der Waals surface area contributed by atoms with Gasteiger partial charge in [-0.25, -0.2) is 0 Å². The quantitative estimate of drug-likeness (QED) is 0.164. The molecule has 0 radical (unpaired) electrons. The predicted octanol–water partition coefficient (Wildman–Crippen LogP) is 16.0. The summed E-state index contributed by atoms with van der Waals surface area (Å²) >= 11 is 3.75. The van der Waals surface area contributed by atoms with E-state index in [1.807, 2.05) is 22.7 Å². The van der Waals surface area contributed by atoms with Crippen LogP contribution in [-0.2, 0) is 0 Å². The fourth-order valence-corrected chi connectivity index (χ4v) is 10.7. The Morgan fingerprint density at radius 3 is 1.64 bits per heavy atom. The lowest BCUT2D eigenvalue weighted by Crippen LogP contribution is -2.11. The summed E-state index contributed by atoms with van der Waals surface area (Å²) in [5.74, 6) is 0. The fraction of sp³-hybridized carbons (Fsp3) is 0. The molecule has 0 fully saturated rings. The van der Waals surface area contributed by atoms with E-state index in [0.717, 1.165) is 11.4 Å². The third-order valence-electron chi connectivity index (χ3n) is 10.9. The van der Waals surface area contributed by atoms with Gasteiger partial charge in [0.1, 0.15) is 0 Å². The summed E-state index contributed by atoms with van der Waals surface area (Å²) in [6.07, 6.45) is 0. The molecule has 0 aliphatic carbocycles. The summed E-state index contributed by atoms with van der Waals surface area (Å²) in [6.45, 7) is 0. The fourth-order valence-electron chi connectivity index (χ4n) is 8.34. The minimum atomic E-state index is 1.12. The zero-order valence-electron chi connectivity index (χ0n) is 29.8. The summed E-state index contributed by atoms with van der Waals surface area (Å²) in [5.41, 5.74) is 10.7. The Morgan fingerprint density at radius 1 is 0.291 bits per heavy atom. The van der Waals surface area contributed by atoms with Crippen LogP contribution in [0.2, 0.25) is 0 Å². The van der Waals surface area contributed by atoms with Gasteiger partial charge in [0.05, 0.1) is 16.1 Å². The number of benzene rings is 9. The van der Waals surface area contributed by atoms with Gasteiger partial charge in [-0.2, -0.15) is 0 Å². The van der Waals surface area contributed by atoms with Crippen LogP contribution in [0.1, 0.15) is 0 Å². The molecule has 2 heterocycles. The van der Waals surface area contributed by atoms with Crippen LogP contribution in [0, 0.1) is 0 Å². The van der Waals surface area contributed by atoms with Crippen molar-refractivity contribution < 1.29 is 0 Å². The molecule has 0 amide bonds. The number of fused-ring (bicyclic) bond motifs is 7. The zero-order chi connectivity index (χ0) is 36.3. The van der Waals surface area contributed by atoms with Crippen molar-refractivity contribution in [2.24, 2.45) is 0 Å². The molecule has 0 saturated heterocycles. The van der Waals surface area contributed by atoms with Crippen LogP contribution in [0.4, 0.5) is 17.1 Å². The highest BCUT2D eigenvalue weighted by Crippen LogP contribution is 2.49. The molecule has 258 valence electrons. The average molecular weight is 736 g/mol. The number of nitrogens with zero attached hydrogens (tertiary/aromatic N) is 1. The second-order valence-corrected chi connectivity index (χ2v) is 16.2. The molecule has 0 N–H and O–H groups in total. The number of hydrogen-bond acceptors (Lipinski definition) is 3. The van der Waals surface area contributed by atoms with Crippen LogP contribution in [0.25, 0.3) is 84.5 Å². The van der Waals surface area contributed by atoms with Gasteiger partial charge in [0, 0.05) is 46.7 Å². The van der Waals surface area contributed by atoms with Crippen molar-refractivity contribution >= 4 is 90.9 Å². The normalized spacial score (nSPS) is 11.6. The van der Waals surface area contributed by atoms with Gasteiger partial charge in [0.2, 0.25) is 0 Å². The first-order valence-electron chi connectivity index (χ1n) is 18.7. The van der Waals surface area contributed by atoms with Crippen LogP contribution in [0.15, 0.2) is 200 Å². The Bertz CT molecular complexity index is 3210. The van der Waals surface area contributed by atoms with E-state index in [1.165, 1.54) is 90.2 Å². The van der Waals surface area contributed by atoms with Crippen molar-refractivity contribution in [2.45, 2.75) is 0 Å². The Balaban J connectivity index is 1.18. The van der Waals surface area contributed by atoms with Gasteiger partial charge in [-0.1, -0.05) is 158 Å². The largest absolute Gasteiger partial charge is 0.308 e. The molecule has 2 aromatic heterocycles. The summed E-state index contributed by atoms with van der Waals surface area (Å²) in [7, 11) is 0. The molecule has 3 heteroatoms. The Kier molecular flexibility index (Phi) is 7.61. The lowest BCUT2D eigenvalue weighted by Gasteiger charge is -2.29.